The Kier molecular flexibility index (Phi) is 1.77. The number of nitrogens with two attached hydrogens (primary N) is 1. The maximum absolute atomic E-state index is 5.93. The van der Waals surface area contributed by atoms with Gasteiger partial charge < -0.3 is 10.3 Å². The Hall–Kier alpha value is -1.51. The van der Waals surface area contributed by atoms with Crippen molar-refractivity contribution >= 4 is 16.6 Å². The first-order valence-corrected chi connectivity index (χ1v) is 4.71. The summed E-state index contributed by atoms with van der Waals surface area (Å²) in [5.41, 5.74) is 7.88. The highest BCUT2D eigenvalue weighted by Crippen LogP contribution is 2.27. The molecule has 0 atom stereocenters. The number of fused-ring (bicyclic) bond motifs is 1. The minimum Gasteiger partial charge on any atom is -0.397 e. The molecule has 0 spiro atoms. The van der Waals surface area contributed by atoms with Gasteiger partial charge in [0.05, 0.1) is 17.4 Å². The number of rotatable bonds is 0. The van der Waals surface area contributed by atoms with Crippen LogP contribution in [-0.4, -0.2) is 9.55 Å². The minimum absolute atomic E-state index is 0.0406. The van der Waals surface area contributed by atoms with Gasteiger partial charge in [0.2, 0.25) is 0 Å². The number of pyridine rings is 1. The lowest BCUT2D eigenvalue weighted by Gasteiger charge is -2.22. The molecule has 0 saturated carbocycles. The summed E-state index contributed by atoms with van der Waals surface area (Å²) < 4.78 is 2.16. The van der Waals surface area contributed by atoms with Gasteiger partial charge in [-0.05, 0) is 26.8 Å². The van der Waals surface area contributed by atoms with Crippen LogP contribution in [0.2, 0.25) is 0 Å². The van der Waals surface area contributed by atoms with E-state index in [1.54, 1.807) is 6.20 Å². The van der Waals surface area contributed by atoms with Crippen LogP contribution in [0, 0.1) is 0 Å². The summed E-state index contributed by atoms with van der Waals surface area (Å²) in [6.45, 7) is 6.46. The third kappa shape index (κ3) is 1.25. The number of aromatic nitrogens is 2. The van der Waals surface area contributed by atoms with Crippen molar-refractivity contribution in [2.45, 2.75) is 26.3 Å². The van der Waals surface area contributed by atoms with E-state index >= 15 is 0 Å². The average Bonchev–Trinajstić information content (AvgIpc) is 2.44. The smallest absolute Gasteiger partial charge is 0.0693 e. The van der Waals surface area contributed by atoms with E-state index in [2.05, 4.69) is 30.3 Å². The molecular weight excluding hydrogens is 174 g/mol. The van der Waals surface area contributed by atoms with Crippen molar-refractivity contribution < 1.29 is 0 Å². The minimum atomic E-state index is 0.0406. The lowest BCUT2D eigenvalue weighted by atomic mass is 10.1. The van der Waals surface area contributed by atoms with Crippen molar-refractivity contribution in [2.24, 2.45) is 0 Å². The molecule has 0 aliphatic rings. The second-order valence-corrected chi connectivity index (χ2v) is 4.52. The van der Waals surface area contributed by atoms with Gasteiger partial charge in [0.25, 0.3) is 0 Å². The highest BCUT2D eigenvalue weighted by atomic mass is 15.0. The molecule has 0 unspecified atom stereocenters. The maximum atomic E-state index is 5.93. The Morgan fingerprint density at radius 3 is 2.71 bits per heavy atom. The lowest BCUT2D eigenvalue weighted by Crippen LogP contribution is -2.20. The SMILES string of the molecule is CC(C)(C)n1cc(N)c2ccncc21. The van der Waals surface area contributed by atoms with Crippen molar-refractivity contribution in [1.29, 1.82) is 0 Å². The van der Waals surface area contributed by atoms with Crippen molar-refractivity contribution in [3.63, 3.8) is 0 Å². The summed E-state index contributed by atoms with van der Waals surface area (Å²) in [7, 11) is 0. The van der Waals surface area contributed by atoms with Gasteiger partial charge >= 0.3 is 0 Å². The van der Waals surface area contributed by atoms with E-state index in [-0.39, 0.29) is 5.54 Å². The zero-order valence-electron chi connectivity index (χ0n) is 8.78. The normalized spacial score (nSPS) is 12.2. The van der Waals surface area contributed by atoms with Crippen LogP contribution in [0.5, 0.6) is 0 Å². The van der Waals surface area contributed by atoms with Crippen LogP contribution in [0.4, 0.5) is 5.69 Å². The second-order valence-electron chi connectivity index (χ2n) is 4.52. The van der Waals surface area contributed by atoms with Crippen LogP contribution in [-0.2, 0) is 5.54 Å². The first-order valence-electron chi connectivity index (χ1n) is 4.71. The van der Waals surface area contributed by atoms with E-state index < -0.39 is 0 Å². The van der Waals surface area contributed by atoms with Gasteiger partial charge in [0.1, 0.15) is 0 Å². The molecule has 0 aliphatic heterocycles. The largest absolute Gasteiger partial charge is 0.397 e. The molecule has 3 nitrogen and oxygen atoms in total. The molecule has 0 aliphatic carbocycles. The highest BCUT2D eigenvalue weighted by Gasteiger charge is 2.16. The van der Waals surface area contributed by atoms with Crippen LogP contribution in [0.3, 0.4) is 0 Å². The van der Waals surface area contributed by atoms with Gasteiger partial charge in [-0.2, -0.15) is 0 Å². The number of hydrogen-bond acceptors (Lipinski definition) is 2. The molecule has 0 fully saturated rings. The fourth-order valence-corrected chi connectivity index (χ4v) is 1.66. The molecule has 0 bridgehead atoms. The first kappa shape index (κ1) is 9.06. The number of hydrogen-bond donors (Lipinski definition) is 1. The number of nitrogen functional groups attached to an aromatic ring is 1. The molecule has 2 heterocycles. The molecule has 0 radical (unpaired) electrons. The zero-order chi connectivity index (χ0) is 10.3. The summed E-state index contributed by atoms with van der Waals surface area (Å²) in [6, 6.07) is 1.95. The van der Waals surface area contributed by atoms with Gasteiger partial charge in [0.15, 0.2) is 0 Å². The fraction of sp³-hybridized carbons (Fsp3) is 0.364. The molecular formula is C11H15N3. The van der Waals surface area contributed by atoms with Crippen LogP contribution in [0.25, 0.3) is 10.9 Å². The van der Waals surface area contributed by atoms with Crippen LogP contribution in [0.15, 0.2) is 24.7 Å². The Bertz CT molecular complexity index is 463. The van der Waals surface area contributed by atoms with Crippen LogP contribution < -0.4 is 5.73 Å². The van der Waals surface area contributed by atoms with Gasteiger partial charge in [0, 0.05) is 23.3 Å². The van der Waals surface area contributed by atoms with E-state index in [9.17, 15) is 0 Å². The van der Waals surface area contributed by atoms with E-state index in [0.717, 1.165) is 16.6 Å². The summed E-state index contributed by atoms with van der Waals surface area (Å²) in [5, 5.41) is 1.08. The predicted molar refractivity (Wildman–Crippen MR) is 59.1 cm³/mol. The van der Waals surface area contributed by atoms with Crippen LogP contribution >= 0.6 is 0 Å². The van der Waals surface area contributed by atoms with E-state index in [1.165, 1.54) is 0 Å². The zero-order valence-corrected chi connectivity index (χ0v) is 8.78. The van der Waals surface area contributed by atoms with Crippen molar-refractivity contribution in [1.82, 2.24) is 9.55 Å². The first-order chi connectivity index (χ1) is 6.50. The Balaban J connectivity index is 2.80. The maximum Gasteiger partial charge on any atom is 0.0693 e. The second kappa shape index (κ2) is 2.74. The summed E-state index contributed by atoms with van der Waals surface area (Å²) in [6.07, 6.45) is 5.61. The van der Waals surface area contributed by atoms with Crippen LogP contribution in [0.1, 0.15) is 20.8 Å². The molecule has 14 heavy (non-hydrogen) atoms. The van der Waals surface area contributed by atoms with Crippen molar-refractivity contribution in [3.8, 4) is 0 Å². The standard InChI is InChI=1S/C11H15N3/c1-11(2,3)14-7-9(12)8-4-5-13-6-10(8)14/h4-7H,12H2,1-3H3. The van der Waals surface area contributed by atoms with E-state index in [0.29, 0.717) is 0 Å². The summed E-state index contributed by atoms with van der Waals surface area (Å²) in [5.74, 6) is 0. The van der Waals surface area contributed by atoms with E-state index in [1.807, 2.05) is 18.5 Å². The molecule has 2 aromatic heterocycles. The third-order valence-electron chi connectivity index (χ3n) is 2.36. The summed E-state index contributed by atoms with van der Waals surface area (Å²) in [4.78, 5) is 4.12. The lowest BCUT2D eigenvalue weighted by molar-refractivity contribution is 0.411. The number of nitrogens with zero attached hydrogens (tertiary/aromatic N) is 2. The Labute approximate surface area is 83.6 Å². The molecule has 2 aromatic rings. The molecule has 0 saturated heterocycles. The molecule has 0 aromatic carbocycles. The monoisotopic (exact) mass is 189 g/mol. The van der Waals surface area contributed by atoms with Gasteiger partial charge in [-0.25, -0.2) is 0 Å². The van der Waals surface area contributed by atoms with E-state index in [4.69, 9.17) is 5.73 Å². The average molecular weight is 189 g/mol. The quantitative estimate of drug-likeness (QED) is 0.691. The summed E-state index contributed by atoms with van der Waals surface area (Å²) >= 11 is 0. The van der Waals surface area contributed by atoms with Gasteiger partial charge in [-0.15, -0.1) is 0 Å². The topological polar surface area (TPSA) is 43.8 Å². The molecule has 3 heteroatoms. The van der Waals surface area contributed by atoms with Gasteiger partial charge in [-0.1, -0.05) is 0 Å². The third-order valence-corrected chi connectivity index (χ3v) is 2.36. The van der Waals surface area contributed by atoms with Crippen molar-refractivity contribution in [2.75, 3.05) is 5.73 Å². The molecule has 2 rings (SSSR count). The highest BCUT2D eigenvalue weighted by molar-refractivity contribution is 5.91. The predicted octanol–water partition coefficient (Wildman–Crippen LogP) is 2.37. The fourth-order valence-electron chi connectivity index (χ4n) is 1.66. The molecule has 74 valence electrons. The van der Waals surface area contributed by atoms with Gasteiger partial charge in [-0.3, -0.25) is 4.98 Å². The molecule has 0 amide bonds. The Morgan fingerprint density at radius 1 is 1.36 bits per heavy atom. The Morgan fingerprint density at radius 2 is 2.07 bits per heavy atom. The molecule has 2 N–H and O–H groups in total. The van der Waals surface area contributed by atoms with Crippen molar-refractivity contribution in [3.05, 3.63) is 24.7 Å². The number of anilines is 1.